The van der Waals surface area contributed by atoms with Crippen molar-refractivity contribution in [3.63, 3.8) is 0 Å². The summed E-state index contributed by atoms with van der Waals surface area (Å²) in [6, 6.07) is 17.8. The maximum absolute atomic E-state index is 5.41. The van der Waals surface area contributed by atoms with Gasteiger partial charge in [-0.15, -0.1) is 6.42 Å². The highest BCUT2D eigenvalue weighted by atomic mass is 14.9. The largest absolute Gasteiger partial charge is 0.355 e. The van der Waals surface area contributed by atoms with Crippen LogP contribution in [0.1, 0.15) is 5.56 Å². The lowest BCUT2D eigenvalue weighted by molar-refractivity contribution is 1.53. The second kappa shape index (κ2) is 4.34. The Morgan fingerprint density at radius 1 is 0.867 bits per heavy atom. The lowest BCUT2D eigenvalue weighted by Gasteiger charge is -2.07. The molecule has 0 aromatic heterocycles. The molecule has 0 unspecified atom stereocenters. The Bertz CT molecular complexity index is 480. The number of benzene rings is 2. The first-order valence-electron chi connectivity index (χ1n) is 4.78. The van der Waals surface area contributed by atoms with Crippen LogP contribution in [0.4, 0.5) is 11.4 Å². The molecule has 0 spiro atoms. The first kappa shape index (κ1) is 9.36. The van der Waals surface area contributed by atoms with Crippen LogP contribution >= 0.6 is 0 Å². The van der Waals surface area contributed by atoms with Gasteiger partial charge in [-0.05, 0) is 24.3 Å². The fourth-order valence-electron chi connectivity index (χ4n) is 1.39. The molecule has 1 nitrogen and oxygen atoms in total. The Kier molecular flexibility index (Phi) is 2.71. The van der Waals surface area contributed by atoms with Crippen molar-refractivity contribution in [2.75, 3.05) is 5.32 Å². The zero-order valence-electron chi connectivity index (χ0n) is 8.27. The van der Waals surface area contributed by atoms with Gasteiger partial charge in [0.15, 0.2) is 0 Å². The molecule has 0 aliphatic carbocycles. The molecule has 0 amide bonds. The number of hydrogen-bond acceptors (Lipinski definition) is 1. The van der Waals surface area contributed by atoms with Gasteiger partial charge in [0.1, 0.15) is 0 Å². The molecular formula is C14H11N. The van der Waals surface area contributed by atoms with E-state index in [2.05, 4.69) is 11.2 Å². The number of nitrogens with one attached hydrogen (secondary N) is 1. The summed E-state index contributed by atoms with van der Waals surface area (Å²) in [5, 5.41) is 3.28. The molecular weight excluding hydrogens is 182 g/mol. The van der Waals surface area contributed by atoms with Crippen molar-refractivity contribution in [3.8, 4) is 12.3 Å². The SMILES string of the molecule is C#Cc1ccccc1Nc1ccccc1. The topological polar surface area (TPSA) is 12.0 Å². The molecule has 0 saturated carbocycles. The third-order valence-electron chi connectivity index (χ3n) is 2.14. The van der Waals surface area contributed by atoms with Crippen LogP contribution in [0.5, 0.6) is 0 Å². The fourth-order valence-corrected chi connectivity index (χ4v) is 1.39. The van der Waals surface area contributed by atoms with Crippen molar-refractivity contribution in [1.29, 1.82) is 0 Å². The third kappa shape index (κ3) is 2.18. The van der Waals surface area contributed by atoms with E-state index in [0.29, 0.717) is 0 Å². The van der Waals surface area contributed by atoms with Gasteiger partial charge in [0.05, 0.1) is 5.69 Å². The molecule has 72 valence electrons. The Morgan fingerprint density at radius 3 is 2.27 bits per heavy atom. The molecule has 15 heavy (non-hydrogen) atoms. The van der Waals surface area contributed by atoms with E-state index in [1.807, 2.05) is 54.6 Å². The summed E-state index contributed by atoms with van der Waals surface area (Å²) in [6.07, 6.45) is 5.41. The van der Waals surface area contributed by atoms with Crippen molar-refractivity contribution < 1.29 is 0 Å². The summed E-state index contributed by atoms with van der Waals surface area (Å²) < 4.78 is 0. The van der Waals surface area contributed by atoms with E-state index in [9.17, 15) is 0 Å². The summed E-state index contributed by atoms with van der Waals surface area (Å²) in [5.41, 5.74) is 2.88. The summed E-state index contributed by atoms with van der Waals surface area (Å²) in [4.78, 5) is 0. The number of rotatable bonds is 2. The van der Waals surface area contributed by atoms with Gasteiger partial charge in [-0.3, -0.25) is 0 Å². The van der Waals surface area contributed by atoms with Gasteiger partial charge in [0.2, 0.25) is 0 Å². The normalized spacial score (nSPS) is 9.27. The Morgan fingerprint density at radius 2 is 1.53 bits per heavy atom. The minimum atomic E-state index is 0.876. The van der Waals surface area contributed by atoms with Gasteiger partial charge in [-0.2, -0.15) is 0 Å². The monoisotopic (exact) mass is 193 g/mol. The molecule has 0 atom stereocenters. The lowest BCUT2D eigenvalue weighted by atomic mass is 10.2. The van der Waals surface area contributed by atoms with E-state index >= 15 is 0 Å². The molecule has 2 rings (SSSR count). The predicted molar refractivity (Wildman–Crippen MR) is 64.1 cm³/mol. The van der Waals surface area contributed by atoms with Crippen molar-refractivity contribution in [3.05, 3.63) is 60.2 Å². The number of terminal acetylenes is 1. The smallest absolute Gasteiger partial charge is 0.0543 e. The molecule has 0 radical (unpaired) electrons. The van der Waals surface area contributed by atoms with Gasteiger partial charge < -0.3 is 5.32 Å². The van der Waals surface area contributed by atoms with Crippen LogP contribution in [0.3, 0.4) is 0 Å². The van der Waals surface area contributed by atoms with Gasteiger partial charge in [-0.25, -0.2) is 0 Å². The van der Waals surface area contributed by atoms with Crippen LogP contribution < -0.4 is 5.32 Å². The van der Waals surface area contributed by atoms with E-state index in [-0.39, 0.29) is 0 Å². The zero-order chi connectivity index (χ0) is 10.5. The number of para-hydroxylation sites is 2. The number of anilines is 2. The molecule has 0 heterocycles. The highest BCUT2D eigenvalue weighted by Crippen LogP contribution is 2.19. The van der Waals surface area contributed by atoms with Crippen LogP contribution in [0.25, 0.3) is 0 Å². The van der Waals surface area contributed by atoms with Crippen LogP contribution in [-0.4, -0.2) is 0 Å². The molecule has 2 aromatic carbocycles. The summed E-state index contributed by atoms with van der Waals surface area (Å²) in [7, 11) is 0. The van der Waals surface area contributed by atoms with Gasteiger partial charge >= 0.3 is 0 Å². The molecule has 2 aromatic rings. The van der Waals surface area contributed by atoms with E-state index in [0.717, 1.165) is 16.9 Å². The molecule has 0 fully saturated rings. The molecule has 0 aliphatic heterocycles. The predicted octanol–water partition coefficient (Wildman–Crippen LogP) is 3.41. The Labute approximate surface area is 89.8 Å². The van der Waals surface area contributed by atoms with Gasteiger partial charge in [0.25, 0.3) is 0 Å². The average Bonchev–Trinajstić information content (AvgIpc) is 2.31. The quantitative estimate of drug-likeness (QED) is 0.721. The molecule has 1 N–H and O–H groups in total. The second-order valence-corrected chi connectivity index (χ2v) is 3.18. The molecule has 0 bridgehead atoms. The highest BCUT2D eigenvalue weighted by molar-refractivity contribution is 5.66. The van der Waals surface area contributed by atoms with E-state index in [1.165, 1.54) is 0 Å². The molecule has 0 aliphatic rings. The van der Waals surface area contributed by atoms with Gasteiger partial charge in [0, 0.05) is 11.3 Å². The van der Waals surface area contributed by atoms with Crippen LogP contribution in [0.2, 0.25) is 0 Å². The molecule has 1 heteroatoms. The minimum Gasteiger partial charge on any atom is -0.355 e. The van der Waals surface area contributed by atoms with Crippen LogP contribution in [0.15, 0.2) is 54.6 Å². The second-order valence-electron chi connectivity index (χ2n) is 3.18. The molecule has 0 saturated heterocycles. The van der Waals surface area contributed by atoms with Crippen molar-refractivity contribution in [1.82, 2.24) is 0 Å². The number of hydrogen-bond donors (Lipinski definition) is 1. The van der Waals surface area contributed by atoms with Crippen molar-refractivity contribution in [2.24, 2.45) is 0 Å². The maximum atomic E-state index is 5.41. The first-order valence-corrected chi connectivity index (χ1v) is 4.78. The van der Waals surface area contributed by atoms with Crippen molar-refractivity contribution in [2.45, 2.75) is 0 Å². The summed E-state index contributed by atoms with van der Waals surface area (Å²) in [5.74, 6) is 2.65. The standard InChI is InChI=1S/C14H11N/c1-2-12-8-6-7-11-14(12)15-13-9-4-3-5-10-13/h1,3-11,15H. The average molecular weight is 193 g/mol. The van der Waals surface area contributed by atoms with Crippen LogP contribution in [0, 0.1) is 12.3 Å². The third-order valence-corrected chi connectivity index (χ3v) is 2.14. The minimum absolute atomic E-state index is 0.876. The van der Waals surface area contributed by atoms with E-state index < -0.39 is 0 Å². The zero-order valence-corrected chi connectivity index (χ0v) is 8.27. The van der Waals surface area contributed by atoms with Crippen LogP contribution in [-0.2, 0) is 0 Å². The van der Waals surface area contributed by atoms with E-state index in [4.69, 9.17) is 6.42 Å². The Balaban J connectivity index is 2.29. The van der Waals surface area contributed by atoms with E-state index in [1.54, 1.807) is 0 Å². The highest BCUT2D eigenvalue weighted by Gasteiger charge is 1.97. The summed E-state index contributed by atoms with van der Waals surface area (Å²) in [6.45, 7) is 0. The fraction of sp³-hybridized carbons (Fsp3) is 0. The first-order chi connectivity index (χ1) is 7.40. The van der Waals surface area contributed by atoms with Gasteiger partial charge in [-0.1, -0.05) is 36.3 Å². The summed E-state index contributed by atoms with van der Waals surface area (Å²) >= 11 is 0. The maximum Gasteiger partial charge on any atom is 0.0543 e. The lowest BCUT2D eigenvalue weighted by Crippen LogP contribution is -1.92. The van der Waals surface area contributed by atoms with Crippen molar-refractivity contribution >= 4 is 11.4 Å². The Hall–Kier alpha value is -2.20.